The van der Waals surface area contributed by atoms with E-state index in [1.54, 1.807) is 96.5 Å². The Kier molecular flexibility index (Phi) is 51.1. The molecule has 14 aromatic rings. The summed E-state index contributed by atoms with van der Waals surface area (Å²) < 4.78 is 7.22. The molecule has 0 aliphatic heterocycles. The number of hydrogen-bond donors (Lipinski definition) is 10. The van der Waals surface area contributed by atoms with Gasteiger partial charge in [0.05, 0.1) is 65.0 Å². The number of nitriles is 1. The van der Waals surface area contributed by atoms with E-state index in [9.17, 15) is 29.4 Å². The van der Waals surface area contributed by atoms with Crippen molar-refractivity contribution in [1.29, 1.82) is 5.26 Å². The maximum absolute atomic E-state index is 13.5. The number of amides is 1. The molecule has 3 heterocycles. The topological polar surface area (TPSA) is 358 Å². The van der Waals surface area contributed by atoms with Gasteiger partial charge in [-0.3, -0.25) is 14.4 Å². The predicted molar refractivity (Wildman–Crippen MR) is 593 cm³/mol. The Bertz CT molecular complexity index is 6720. The van der Waals surface area contributed by atoms with Gasteiger partial charge in [0, 0.05) is 49.5 Å². The van der Waals surface area contributed by atoms with Gasteiger partial charge in [0.25, 0.3) is 5.91 Å². The molecule has 16 rings (SSSR count). The number of nitrogens with zero attached hydrogens (tertiary/aromatic N) is 10. The summed E-state index contributed by atoms with van der Waals surface area (Å²) >= 11 is 0.569. The van der Waals surface area contributed by atoms with Crippen molar-refractivity contribution >= 4 is 112 Å². The molecule has 2 aliphatic rings. The number of aryl methyl sites for hydroxylation is 11. The number of nitrogens with two attached hydrogens (primary N) is 4. The molecule has 1 amide bonds. The zero-order chi connectivity index (χ0) is 105. The molecule has 2 saturated carbocycles. The second kappa shape index (κ2) is 60.8. The first-order valence-electron chi connectivity index (χ1n) is 47.7. The van der Waals surface area contributed by atoms with Crippen molar-refractivity contribution in [2.45, 2.75) is 166 Å². The average molecular weight is 2160 g/mol. The fourth-order valence-corrected chi connectivity index (χ4v) is 26.2. The molecule has 2 aliphatic carbocycles. The molecule has 146 heavy (non-hydrogen) atoms. The zero-order valence-electron chi connectivity index (χ0n) is 86.5. The van der Waals surface area contributed by atoms with Crippen molar-refractivity contribution in [2.24, 2.45) is 29.0 Å². The van der Waals surface area contributed by atoms with E-state index in [-0.39, 0.29) is 69.9 Å². The number of rotatable bonds is 27. The number of Topliss-reactive ketones (excluding diaryl/α,β-unsaturated/α-hetero) is 1. The summed E-state index contributed by atoms with van der Waals surface area (Å²) in [6.45, 7) is 55.8. The summed E-state index contributed by atoms with van der Waals surface area (Å²) in [5.74, 6) is 0.299. The molecule has 24 nitrogen and oxygen atoms in total. The average Bonchev–Trinajstić information content (AvgIpc) is 1.06. The first kappa shape index (κ1) is 123. The number of halogens is 3. The number of carbonyl (C=O) groups excluding carboxylic acids is 3. The summed E-state index contributed by atoms with van der Waals surface area (Å²) in [6, 6.07) is 86.9. The van der Waals surface area contributed by atoms with E-state index >= 15 is 0 Å². The molecule has 764 valence electrons. The molecule has 3 atom stereocenters. The molecule has 3 unspecified atom stereocenters. The Morgan fingerprint density at radius 1 is 0.548 bits per heavy atom. The maximum atomic E-state index is 13.5. The van der Waals surface area contributed by atoms with Crippen molar-refractivity contribution in [3.63, 3.8) is 0 Å². The summed E-state index contributed by atoms with van der Waals surface area (Å²) in [4.78, 5) is 55.0. The van der Waals surface area contributed by atoms with Gasteiger partial charge in [-0.05, 0) is 273 Å². The second-order valence-electron chi connectivity index (χ2n) is 37.7. The largest absolute Gasteiger partial charge is 2.00 e. The summed E-state index contributed by atoms with van der Waals surface area (Å²) in [7, 11) is 6.83. The van der Waals surface area contributed by atoms with Crippen LogP contribution in [0.1, 0.15) is 192 Å². The number of carboxylic acid groups (broad SMARTS) is 1. The van der Waals surface area contributed by atoms with Crippen LogP contribution in [0.3, 0.4) is 0 Å². The Hall–Kier alpha value is -12.1. The molecule has 3 aromatic heterocycles. The van der Waals surface area contributed by atoms with Gasteiger partial charge in [0.15, 0.2) is 22.9 Å². The molecular weight excluding hydrogens is 2020 g/mol. The van der Waals surface area contributed by atoms with Gasteiger partial charge in [-0.2, -0.15) is 50.9 Å². The van der Waals surface area contributed by atoms with Crippen LogP contribution in [0.5, 0.6) is 0 Å². The quantitative estimate of drug-likeness (QED) is 0.00571. The van der Waals surface area contributed by atoms with E-state index in [1.807, 2.05) is 171 Å². The molecule has 11 aromatic carbocycles. The van der Waals surface area contributed by atoms with Gasteiger partial charge >= 0.3 is 62.1 Å². The molecule has 0 radical (unpaired) electrons. The van der Waals surface area contributed by atoms with Gasteiger partial charge in [-0.1, -0.05) is 219 Å². The van der Waals surface area contributed by atoms with Gasteiger partial charge < -0.3 is 75.4 Å². The fraction of sp³-hybridized carbons (Fsp3) is 0.287. The monoisotopic (exact) mass is 2150 g/mol. The van der Waals surface area contributed by atoms with E-state index in [0.717, 1.165) is 106 Å². The number of aromatic carboxylic acids is 1. The minimum absolute atomic E-state index is 0. The molecule has 31 heteroatoms. The van der Waals surface area contributed by atoms with Crippen molar-refractivity contribution in [2.75, 3.05) is 54.6 Å². The zero-order valence-corrected chi connectivity index (χ0v) is 94.0. The van der Waals surface area contributed by atoms with Gasteiger partial charge in [0.2, 0.25) is 0 Å². The number of nitrogens with one attached hydrogen (secondary N) is 3. The first-order chi connectivity index (χ1) is 68.7. The number of hydrogen-bond acceptors (Lipinski definition) is 17. The van der Waals surface area contributed by atoms with Crippen LogP contribution in [-0.4, -0.2) is 147 Å². The van der Waals surface area contributed by atoms with E-state index in [2.05, 4.69) is 165 Å². The van der Waals surface area contributed by atoms with Crippen LogP contribution in [0.2, 0.25) is 39.3 Å². The van der Waals surface area contributed by atoms with Crippen molar-refractivity contribution < 1.29 is 64.1 Å². The van der Waals surface area contributed by atoms with E-state index in [4.69, 9.17) is 66.8 Å². The van der Waals surface area contributed by atoms with Crippen molar-refractivity contribution in [3.8, 4) is 23.1 Å². The van der Waals surface area contributed by atoms with Gasteiger partial charge in [-0.15, -0.1) is 0 Å². The van der Waals surface area contributed by atoms with E-state index < -0.39 is 34.6 Å². The molecular formula is C115H136BrCl2MgN17NiO7Si2. The Labute approximate surface area is 905 Å². The van der Waals surface area contributed by atoms with Crippen LogP contribution >= 0.6 is 20.4 Å². The number of aliphatic hydroxyl groups is 2. The molecule has 0 bridgehead atoms. The van der Waals surface area contributed by atoms with Crippen LogP contribution in [-0.2, 0) is 19.1 Å². The first-order valence-corrected chi connectivity index (χ1v) is 57.3. The van der Waals surface area contributed by atoms with Gasteiger partial charge in [-0.25, -0.2) is 28.5 Å². The van der Waals surface area contributed by atoms with E-state index in [1.165, 1.54) is 80.2 Å². The Balaban J connectivity index is 0.000000271. The number of carboxylic acids is 1. The van der Waals surface area contributed by atoms with Crippen LogP contribution in [0.25, 0.3) is 26.8 Å². The second-order valence-corrected chi connectivity index (χ2v) is 49.4. The third-order valence-corrected chi connectivity index (χ3v) is 30.4. The third kappa shape index (κ3) is 38.9. The number of aldehydes is 1. The van der Waals surface area contributed by atoms with E-state index in [0.29, 0.717) is 93.8 Å². The maximum Gasteiger partial charge on any atom is 2.00 e. The summed E-state index contributed by atoms with van der Waals surface area (Å²) in [5.41, 5.74) is 47.0. The van der Waals surface area contributed by atoms with Crippen LogP contribution in [0.15, 0.2) is 261 Å². The fourth-order valence-electron chi connectivity index (χ4n) is 16.3. The number of anilines is 3. The smallest absolute Gasteiger partial charge is 2.00 e. The Morgan fingerprint density at radius 3 is 1.44 bits per heavy atom. The Morgan fingerprint density at radius 2 is 0.993 bits per heavy atom. The number of carbonyl (C=O) groups is 4. The number of ketones is 1. The van der Waals surface area contributed by atoms with Crippen LogP contribution in [0, 0.1) is 119 Å². The normalized spacial score (nSPS) is 12.1. The standard InChI is InChI=1S/C32H32N4O.C27H24N4O2.C15H17NO.C12H9N3O2.C12H22NSi2.C9H10O.C4H13N3.C4H9N.BrH.2ClH.Mg.Ni/c1-21-11-14-29(22(2)15-21)32(34-20-24-12-13-24)26-8-5-7-25(17-26)18-31(37)30-16-23(3)35-36(30)28-10-6-9-27(19-28)33-4;1-17-11-12-24(18(2)13-17)26(32)20-7-5-9-22(15-20)29-27(33)25-14-19(3)30-31(25)23-10-6-8-21(16-23)28-4;1-10-6-7-14(11(2)8-10)15(17)12-4-3-5-13(16)9-12;1-8-5-11(12(16)17)15(14-8)10-4-2-3-9(6-10)7-13;1-14(2,3)13(15(4,5)6)12-10-8-7-9-11-12;1-7-3-4-9(6-10)8(2)5-7;5-1-3-7-4-2-6;5-3-4-1-2-4;;;;;/h5-11,14-17,19,24,32,34H,12-13,18,20H2,1-3H3;5-16,26,32H,1-3H3,(H,29,33);3-9,15,17H,16H2,1-2H3;2-6H,1H3,(H,16,17);7-8,10-11H,1-6H3;3-6H,1-2H3;7H,1-6H2;4H,1-3,5H2;3*1H;;/q;;;;-1;;;;;;;2*+2/p-3. The van der Waals surface area contributed by atoms with Gasteiger partial charge in [0.1, 0.15) is 46.4 Å². The predicted octanol–water partition coefficient (Wildman–Crippen LogP) is 20.2. The minimum atomic E-state index is -1.29. The number of aliphatic hydroxyl groups excluding tert-OH is 2. The van der Waals surface area contributed by atoms with Crippen LogP contribution in [0.4, 0.5) is 28.4 Å². The van der Waals surface area contributed by atoms with Crippen molar-refractivity contribution in [3.05, 3.63) is 418 Å². The third-order valence-electron chi connectivity index (χ3n) is 23.2. The van der Waals surface area contributed by atoms with Crippen molar-refractivity contribution in [1.82, 2.24) is 40.0 Å². The molecule has 0 spiro atoms. The van der Waals surface area contributed by atoms with Crippen LogP contribution < -0.4 is 60.1 Å². The number of nitrogen functional groups attached to an aromatic ring is 1. The SMILES string of the molecule is C[Si](C)(C)N(c1c[c-]ccc1)[Si](C)(C)C.Cc1cc(C(=O)O)n(-c2cccc(C#N)c2)n1.Cc1ccc(C(O)c2cccc(N)c2)c(C)c1.Cc1ccc(C=O)c(C)c1.NCC1CC1.NCCNCCN.[Br-].[C-]#[N+]c1cccc(-n2nc(C)cc2C(=O)Cc2cccc(C(NCC3CC3)c3ccc(C)cc3C)c2)c1.[C-]#[N+]c1cccc(-n2nc(C)cc2C(=O)Nc2cccc(C(O)c3ccc(C)cc3C)c2)c1.[Cl][Ni][Cl].[Mg+2]. The summed E-state index contributed by atoms with van der Waals surface area (Å²) in [6.07, 6.45) is 5.12. The molecule has 0 saturated heterocycles. The number of benzene rings is 11. The minimum Gasteiger partial charge on any atom is 2.00 e. The molecule has 2 fully saturated rings. The number of aromatic nitrogens is 6. The molecule has 14 N–H and O–H groups in total. The summed E-state index contributed by atoms with van der Waals surface area (Å²) in [5, 5.41) is 61.9.